The van der Waals surface area contributed by atoms with Crippen molar-refractivity contribution in [3.8, 4) is 0 Å². The molecule has 0 spiro atoms. The van der Waals surface area contributed by atoms with Crippen molar-refractivity contribution in [3.05, 3.63) is 52.9 Å². The highest BCUT2D eigenvalue weighted by Gasteiger charge is 2.55. The highest BCUT2D eigenvalue weighted by Crippen LogP contribution is 2.43. The fourth-order valence-corrected chi connectivity index (χ4v) is 6.67. The molecule has 5 atom stereocenters. The van der Waals surface area contributed by atoms with Crippen molar-refractivity contribution >= 4 is 16.1 Å². The van der Waals surface area contributed by atoms with Gasteiger partial charge in [0, 0.05) is 43.1 Å². The zero-order chi connectivity index (χ0) is 27.4. The van der Waals surface area contributed by atoms with Crippen molar-refractivity contribution in [2.45, 2.75) is 61.6 Å². The maximum atomic E-state index is 14.5. The van der Waals surface area contributed by atoms with Gasteiger partial charge in [0.1, 0.15) is 23.0 Å². The number of aromatic nitrogens is 2. The van der Waals surface area contributed by atoms with Crippen LogP contribution in [0.1, 0.15) is 35.8 Å². The fraction of sp³-hybridized carbons (Fsp3) is 0.545. The molecule has 5 rings (SSSR count). The Labute approximate surface area is 213 Å². The first-order chi connectivity index (χ1) is 17.8. The third-order valence-electron chi connectivity index (χ3n) is 7.02. The summed E-state index contributed by atoms with van der Waals surface area (Å²) >= 11 is 0. The molecule has 3 aliphatic heterocycles. The van der Waals surface area contributed by atoms with Crippen molar-refractivity contribution in [2.75, 3.05) is 13.2 Å². The molecule has 0 bridgehead atoms. The van der Waals surface area contributed by atoms with Crippen LogP contribution >= 0.6 is 0 Å². The van der Waals surface area contributed by atoms with Crippen LogP contribution in [0.5, 0.6) is 0 Å². The average molecular weight is 567 g/mol. The maximum Gasteiger partial charge on any atom is 0.416 e. The van der Waals surface area contributed by atoms with E-state index in [1.54, 1.807) is 0 Å². The molecule has 4 heterocycles. The molecule has 2 saturated heterocycles. The number of hydrogen-bond acceptors (Lipinski definition) is 7. The van der Waals surface area contributed by atoms with Gasteiger partial charge in [-0.3, -0.25) is 4.90 Å². The Balaban J connectivity index is 1.42. The molecule has 0 radical (unpaired) electrons. The molecule has 208 valence electrons. The predicted octanol–water partition coefficient (Wildman–Crippen LogP) is 2.54. The number of amides is 1. The zero-order valence-electron chi connectivity index (χ0n) is 19.6. The molecule has 16 heteroatoms. The lowest BCUT2D eigenvalue weighted by molar-refractivity contribution is -0.270. The van der Waals surface area contributed by atoms with Crippen molar-refractivity contribution in [1.82, 2.24) is 19.4 Å². The molecular weight excluding hydrogens is 543 g/mol. The zero-order valence-corrected chi connectivity index (χ0v) is 20.4. The van der Waals surface area contributed by atoms with E-state index < -0.39 is 75.5 Å². The van der Waals surface area contributed by atoms with Gasteiger partial charge in [-0.05, 0) is 31.0 Å². The van der Waals surface area contributed by atoms with Gasteiger partial charge in [-0.25, -0.2) is 22.0 Å². The van der Waals surface area contributed by atoms with E-state index in [-0.39, 0.29) is 25.4 Å². The Hall–Kier alpha value is -2.82. The number of rotatable bonds is 5. The summed E-state index contributed by atoms with van der Waals surface area (Å²) in [6.45, 7) is 0.0613. The number of carbonyl (C=O) groups is 1. The van der Waals surface area contributed by atoms with Crippen molar-refractivity contribution in [2.24, 2.45) is 0 Å². The second-order valence-electron chi connectivity index (χ2n) is 9.45. The van der Waals surface area contributed by atoms with Crippen LogP contribution in [0, 0.1) is 11.6 Å². The Morgan fingerprint density at radius 2 is 1.97 bits per heavy atom. The molecule has 38 heavy (non-hydrogen) atoms. The predicted molar refractivity (Wildman–Crippen MR) is 118 cm³/mol. The van der Waals surface area contributed by atoms with Crippen molar-refractivity contribution in [1.29, 1.82) is 0 Å². The highest BCUT2D eigenvalue weighted by atomic mass is 32.2. The number of fused-ring (bicyclic) bond motifs is 1. The smallest absolute Gasteiger partial charge is 0.416 e. The summed E-state index contributed by atoms with van der Waals surface area (Å²) in [4.78, 5) is 12.8. The van der Waals surface area contributed by atoms with Gasteiger partial charge in [0.2, 0.25) is 0 Å². The number of carboxylic acid groups (broad SMARTS) is 1. The van der Waals surface area contributed by atoms with Crippen molar-refractivity contribution in [3.63, 3.8) is 0 Å². The molecular formula is C22H23F5N4O6S. The van der Waals surface area contributed by atoms with Crippen LogP contribution in [0.3, 0.4) is 0 Å². The Morgan fingerprint density at radius 3 is 2.61 bits per heavy atom. The first kappa shape index (κ1) is 26.8. The van der Waals surface area contributed by atoms with E-state index in [0.29, 0.717) is 24.7 Å². The highest BCUT2D eigenvalue weighted by molar-refractivity contribution is 7.90. The lowest BCUT2D eigenvalue weighted by Crippen LogP contribution is -2.59. The largest absolute Gasteiger partial charge is 0.465 e. The number of halogens is 5. The molecule has 3 aliphatic rings. The Kier molecular flexibility index (Phi) is 6.86. The van der Waals surface area contributed by atoms with E-state index in [2.05, 4.69) is 10.4 Å². The van der Waals surface area contributed by atoms with Crippen LogP contribution in [-0.4, -0.2) is 76.5 Å². The number of benzene rings is 1. The molecule has 2 N–H and O–H groups in total. The van der Waals surface area contributed by atoms with Gasteiger partial charge >= 0.3 is 12.3 Å². The summed E-state index contributed by atoms with van der Waals surface area (Å²) in [5.74, 6) is -1.97. The molecule has 1 unspecified atom stereocenters. The maximum absolute atomic E-state index is 14.5. The van der Waals surface area contributed by atoms with Gasteiger partial charge < -0.3 is 19.9 Å². The van der Waals surface area contributed by atoms with E-state index in [0.717, 1.165) is 16.2 Å². The normalized spacial score (nSPS) is 28.4. The van der Waals surface area contributed by atoms with E-state index in [4.69, 9.17) is 9.47 Å². The lowest BCUT2D eigenvalue weighted by atomic mass is 9.88. The van der Waals surface area contributed by atoms with Gasteiger partial charge in [0.05, 0.1) is 18.3 Å². The van der Waals surface area contributed by atoms with Crippen LogP contribution in [0.15, 0.2) is 24.4 Å². The van der Waals surface area contributed by atoms with E-state index in [1.807, 2.05) is 0 Å². The van der Waals surface area contributed by atoms with Gasteiger partial charge in [-0.15, -0.1) is 0 Å². The van der Waals surface area contributed by atoms with Crippen LogP contribution < -0.4 is 5.32 Å². The first-order valence-corrected chi connectivity index (χ1v) is 13.1. The summed E-state index contributed by atoms with van der Waals surface area (Å²) in [6.07, 6.45) is -9.63. The van der Waals surface area contributed by atoms with Crippen LogP contribution in [0.25, 0.3) is 0 Å². The second-order valence-corrected chi connectivity index (χ2v) is 11.5. The van der Waals surface area contributed by atoms with Crippen LogP contribution in [0.4, 0.5) is 26.7 Å². The molecule has 0 aliphatic carbocycles. The molecule has 1 aromatic heterocycles. The lowest BCUT2D eigenvalue weighted by Gasteiger charge is -2.45. The number of alkyl halides is 3. The minimum atomic E-state index is -4.94. The minimum Gasteiger partial charge on any atom is -0.465 e. The molecule has 2 fully saturated rings. The van der Waals surface area contributed by atoms with Crippen LogP contribution in [0.2, 0.25) is 0 Å². The third-order valence-corrected chi connectivity index (χ3v) is 8.94. The summed E-state index contributed by atoms with van der Waals surface area (Å²) in [6, 6.07) is -0.588. The molecule has 2 aromatic rings. The summed E-state index contributed by atoms with van der Waals surface area (Å²) in [5.41, 5.74) is 0.113. The number of nitrogens with zero attached hydrogens (tertiary/aromatic N) is 3. The number of nitrogens with one attached hydrogen (secondary N) is 1. The number of hydrogen-bond donors (Lipinski definition) is 2. The molecule has 1 amide bonds. The Bertz CT molecular complexity index is 1310. The minimum absolute atomic E-state index is 0.0245. The topological polar surface area (TPSA) is 123 Å². The fourth-order valence-electron chi connectivity index (χ4n) is 5.22. The van der Waals surface area contributed by atoms with Gasteiger partial charge in [0.15, 0.2) is 6.10 Å². The first-order valence-electron chi connectivity index (χ1n) is 11.6. The van der Waals surface area contributed by atoms with E-state index in [1.165, 1.54) is 11.1 Å². The summed E-state index contributed by atoms with van der Waals surface area (Å²) < 4.78 is 108. The van der Waals surface area contributed by atoms with E-state index in [9.17, 15) is 40.3 Å². The quantitative estimate of drug-likeness (QED) is 0.530. The SMILES string of the molecule is O=C(O)N[C@H]1C[C@@H](N2Cc3cn(S(=O)(=O)C4CCOC4)nc3C2)[C@@H](C(F)(F)F)O[C@@H]1c1cc(F)ccc1F. The van der Waals surface area contributed by atoms with Gasteiger partial charge in [-0.2, -0.15) is 22.4 Å². The Morgan fingerprint density at radius 1 is 1.21 bits per heavy atom. The van der Waals surface area contributed by atoms with Crippen LogP contribution in [-0.2, 0) is 32.6 Å². The monoisotopic (exact) mass is 566 g/mol. The second kappa shape index (κ2) is 9.73. The van der Waals surface area contributed by atoms with Gasteiger partial charge in [0.25, 0.3) is 10.0 Å². The van der Waals surface area contributed by atoms with Gasteiger partial charge in [-0.1, -0.05) is 0 Å². The van der Waals surface area contributed by atoms with E-state index >= 15 is 0 Å². The summed E-state index contributed by atoms with van der Waals surface area (Å²) in [5, 5.41) is 14.7. The molecule has 1 aromatic carbocycles. The summed E-state index contributed by atoms with van der Waals surface area (Å²) in [7, 11) is -3.84. The average Bonchev–Trinajstić information content (AvgIpc) is 3.56. The standard InChI is InChI=1S/C22H23F5N4O6S/c23-12-1-2-15(24)14(5-12)19-16(28-21(32)33)6-18(20(37-19)22(25,26)27)30-7-11-8-31(29-17(11)9-30)38(34,35)13-3-4-36-10-13/h1-2,5,8,13,16,18-20,28H,3-4,6-7,9-10H2,(H,32,33)/t13?,16-,18+,19+,20-/m0/s1. The number of ether oxygens (including phenoxy) is 2. The van der Waals surface area contributed by atoms with Crippen molar-refractivity contribution < 1.29 is 49.7 Å². The molecule has 0 saturated carbocycles. The molecule has 10 nitrogen and oxygen atoms in total. The third kappa shape index (κ3) is 4.97.